The molecule has 0 aliphatic rings. The molecule has 0 aliphatic heterocycles. The zero-order valence-electron chi connectivity index (χ0n) is 6.42. The second-order valence-corrected chi connectivity index (χ2v) is 2.11. The van der Waals surface area contributed by atoms with Crippen molar-refractivity contribution in [1.82, 2.24) is 4.57 Å². The minimum atomic E-state index is -0.448. The van der Waals surface area contributed by atoms with Crippen molar-refractivity contribution >= 4 is 5.88 Å². The Hall–Kier alpha value is -1.50. The van der Waals surface area contributed by atoms with Crippen LogP contribution >= 0.6 is 0 Å². The van der Waals surface area contributed by atoms with Gasteiger partial charge in [0.05, 0.1) is 12.3 Å². The van der Waals surface area contributed by atoms with Gasteiger partial charge in [-0.3, -0.25) is 4.57 Å². The normalized spacial score (nSPS) is 9.55. The molecule has 0 saturated carbocycles. The zero-order valence-corrected chi connectivity index (χ0v) is 6.42. The second-order valence-electron chi connectivity index (χ2n) is 2.11. The summed E-state index contributed by atoms with van der Waals surface area (Å²) in [7, 11) is 0. The van der Waals surface area contributed by atoms with Crippen LogP contribution < -0.4 is 5.76 Å². The van der Waals surface area contributed by atoms with E-state index in [0.29, 0.717) is 12.2 Å². The smallest absolute Gasteiger partial charge is 0.405 e. The Morgan fingerprint density at radius 2 is 2.36 bits per heavy atom. The Labute approximate surface area is 63.9 Å². The lowest BCUT2D eigenvalue weighted by atomic mass is 10.5. The summed E-state index contributed by atoms with van der Waals surface area (Å²) in [4.78, 5) is 14.0. The average molecular weight is 152 g/mol. The van der Waals surface area contributed by atoms with E-state index in [1.54, 1.807) is 6.92 Å². The van der Waals surface area contributed by atoms with Crippen molar-refractivity contribution in [3.8, 4) is 0 Å². The molecule has 0 atom stereocenters. The zero-order chi connectivity index (χ0) is 8.43. The lowest BCUT2D eigenvalue weighted by molar-refractivity contribution is 0.498. The van der Waals surface area contributed by atoms with Crippen molar-refractivity contribution in [2.75, 3.05) is 0 Å². The van der Waals surface area contributed by atoms with Crippen LogP contribution in [-0.2, 0) is 6.54 Å². The molecule has 1 aromatic heterocycles. The SMILES string of the molecule is [C-]#[N+]c1oc(=O)n(CC)c1C. The van der Waals surface area contributed by atoms with Crippen LogP contribution in [0.2, 0.25) is 0 Å². The number of oxazole rings is 1. The quantitative estimate of drug-likeness (QED) is 0.569. The highest BCUT2D eigenvalue weighted by molar-refractivity contribution is 5.36. The summed E-state index contributed by atoms with van der Waals surface area (Å²) in [6, 6.07) is 0. The fourth-order valence-electron chi connectivity index (χ4n) is 0.934. The molecule has 4 nitrogen and oxygen atoms in total. The lowest BCUT2D eigenvalue weighted by Gasteiger charge is -1.93. The van der Waals surface area contributed by atoms with Gasteiger partial charge in [-0.1, -0.05) is 0 Å². The summed E-state index contributed by atoms with van der Waals surface area (Å²) < 4.78 is 6.06. The van der Waals surface area contributed by atoms with Gasteiger partial charge in [0.25, 0.3) is 0 Å². The summed E-state index contributed by atoms with van der Waals surface area (Å²) in [6.45, 7) is 10.7. The first-order valence-electron chi connectivity index (χ1n) is 3.28. The minimum Gasteiger partial charge on any atom is -0.434 e. The summed E-state index contributed by atoms with van der Waals surface area (Å²) in [5.74, 6) is -0.354. The second kappa shape index (κ2) is 2.62. The molecule has 0 aromatic carbocycles. The molecule has 0 bridgehead atoms. The molecule has 1 aromatic rings. The largest absolute Gasteiger partial charge is 0.434 e. The number of aromatic nitrogens is 1. The third-order valence-electron chi connectivity index (χ3n) is 1.54. The number of rotatable bonds is 1. The molecule has 0 unspecified atom stereocenters. The molecule has 0 spiro atoms. The molecular weight excluding hydrogens is 144 g/mol. The van der Waals surface area contributed by atoms with Crippen molar-refractivity contribution in [2.24, 2.45) is 0 Å². The summed E-state index contributed by atoms with van der Waals surface area (Å²) >= 11 is 0. The van der Waals surface area contributed by atoms with E-state index in [9.17, 15) is 4.79 Å². The van der Waals surface area contributed by atoms with Crippen LogP contribution in [0.15, 0.2) is 9.21 Å². The first-order chi connectivity index (χ1) is 5.20. The van der Waals surface area contributed by atoms with E-state index in [-0.39, 0.29) is 5.88 Å². The van der Waals surface area contributed by atoms with Gasteiger partial charge in [-0.05, 0) is 13.8 Å². The molecular formula is C7H8N2O2. The highest BCUT2D eigenvalue weighted by Crippen LogP contribution is 2.15. The highest BCUT2D eigenvalue weighted by atomic mass is 16.4. The minimum absolute atomic E-state index is 0.0943. The fourth-order valence-corrected chi connectivity index (χ4v) is 0.934. The molecule has 0 saturated heterocycles. The van der Waals surface area contributed by atoms with Crippen LogP contribution in [-0.4, -0.2) is 4.57 Å². The van der Waals surface area contributed by atoms with E-state index >= 15 is 0 Å². The summed E-state index contributed by atoms with van der Waals surface area (Å²) in [6.07, 6.45) is 0. The predicted molar refractivity (Wildman–Crippen MR) is 39.6 cm³/mol. The van der Waals surface area contributed by atoms with E-state index in [1.807, 2.05) is 6.92 Å². The maximum Gasteiger partial charge on any atom is 0.405 e. The Morgan fingerprint density at radius 1 is 1.73 bits per heavy atom. The van der Waals surface area contributed by atoms with E-state index in [1.165, 1.54) is 4.57 Å². The van der Waals surface area contributed by atoms with Crippen LogP contribution in [0.1, 0.15) is 12.6 Å². The third-order valence-corrected chi connectivity index (χ3v) is 1.54. The lowest BCUT2D eigenvalue weighted by Crippen LogP contribution is -2.13. The topological polar surface area (TPSA) is 39.5 Å². The first-order valence-corrected chi connectivity index (χ1v) is 3.28. The molecule has 58 valence electrons. The molecule has 0 amide bonds. The van der Waals surface area contributed by atoms with Crippen molar-refractivity contribution in [1.29, 1.82) is 0 Å². The van der Waals surface area contributed by atoms with E-state index in [2.05, 4.69) is 9.26 Å². The van der Waals surface area contributed by atoms with E-state index in [4.69, 9.17) is 6.57 Å². The van der Waals surface area contributed by atoms with Crippen molar-refractivity contribution in [2.45, 2.75) is 20.4 Å². The van der Waals surface area contributed by atoms with Gasteiger partial charge in [0.15, 0.2) is 0 Å². The van der Waals surface area contributed by atoms with Gasteiger partial charge in [0, 0.05) is 6.54 Å². The standard InChI is InChI=1S/C7H8N2O2/c1-4-9-5(2)6(8-3)11-7(9)10/h4H2,1-2H3. The van der Waals surface area contributed by atoms with Crippen LogP contribution in [0, 0.1) is 13.5 Å². The maximum absolute atomic E-state index is 10.9. The van der Waals surface area contributed by atoms with Crippen molar-refractivity contribution in [3.63, 3.8) is 0 Å². The molecule has 1 heterocycles. The van der Waals surface area contributed by atoms with Gasteiger partial charge in [-0.15, -0.1) is 0 Å². The summed E-state index contributed by atoms with van der Waals surface area (Å²) in [5.41, 5.74) is 0.604. The molecule has 4 heteroatoms. The van der Waals surface area contributed by atoms with Gasteiger partial charge in [0.2, 0.25) is 0 Å². The molecule has 0 fully saturated rings. The van der Waals surface area contributed by atoms with Crippen LogP contribution in [0.4, 0.5) is 5.88 Å². The molecule has 0 aliphatic carbocycles. The van der Waals surface area contributed by atoms with E-state index in [0.717, 1.165) is 0 Å². The Morgan fingerprint density at radius 3 is 2.64 bits per heavy atom. The fraction of sp³-hybridized carbons (Fsp3) is 0.429. The Kier molecular flexibility index (Phi) is 1.81. The van der Waals surface area contributed by atoms with Gasteiger partial charge >= 0.3 is 11.6 Å². The van der Waals surface area contributed by atoms with Crippen LogP contribution in [0.3, 0.4) is 0 Å². The van der Waals surface area contributed by atoms with Gasteiger partial charge < -0.3 is 4.42 Å². The molecule has 0 N–H and O–H groups in total. The number of hydrogen-bond donors (Lipinski definition) is 0. The average Bonchev–Trinajstić information content (AvgIpc) is 2.26. The Balaban J connectivity index is 3.40. The molecule has 0 radical (unpaired) electrons. The van der Waals surface area contributed by atoms with Crippen molar-refractivity contribution < 1.29 is 4.42 Å². The highest BCUT2D eigenvalue weighted by Gasteiger charge is 2.09. The van der Waals surface area contributed by atoms with Crippen LogP contribution in [0.5, 0.6) is 0 Å². The van der Waals surface area contributed by atoms with Crippen LogP contribution in [0.25, 0.3) is 4.85 Å². The molecule has 11 heavy (non-hydrogen) atoms. The number of nitrogens with zero attached hydrogens (tertiary/aromatic N) is 2. The first kappa shape index (κ1) is 7.61. The molecule has 1 rings (SSSR count). The van der Waals surface area contributed by atoms with Crippen molar-refractivity contribution in [3.05, 3.63) is 27.7 Å². The monoisotopic (exact) mass is 152 g/mol. The summed E-state index contributed by atoms with van der Waals surface area (Å²) in [5, 5.41) is 0. The Bertz CT molecular complexity index is 353. The van der Waals surface area contributed by atoms with Gasteiger partial charge in [0.1, 0.15) is 0 Å². The predicted octanol–water partition coefficient (Wildman–Crippen LogP) is 1.32. The number of hydrogen-bond acceptors (Lipinski definition) is 2. The maximum atomic E-state index is 10.9. The third kappa shape index (κ3) is 1.05. The van der Waals surface area contributed by atoms with Gasteiger partial charge in [-0.2, -0.15) is 4.85 Å². The van der Waals surface area contributed by atoms with E-state index < -0.39 is 5.76 Å². The van der Waals surface area contributed by atoms with Gasteiger partial charge in [-0.25, -0.2) is 4.79 Å².